The molecule has 0 saturated heterocycles. The van der Waals surface area contributed by atoms with Crippen LogP contribution in [0.25, 0.3) is 21.5 Å². The number of hydrogen-bond acceptors (Lipinski definition) is 6. The van der Waals surface area contributed by atoms with Crippen LogP contribution in [-0.4, -0.2) is 63.7 Å². The van der Waals surface area contributed by atoms with Crippen LogP contribution in [-0.2, 0) is 45.9 Å². The average molecular weight is 847 g/mol. The van der Waals surface area contributed by atoms with Gasteiger partial charge in [-0.3, -0.25) is 0 Å². The van der Waals surface area contributed by atoms with Crippen LogP contribution in [0.4, 0.5) is 0 Å². The van der Waals surface area contributed by atoms with Crippen molar-refractivity contribution in [3.05, 3.63) is 82.9 Å². The molecule has 4 aromatic rings. The van der Waals surface area contributed by atoms with E-state index in [1.54, 1.807) is 12.1 Å². The average Bonchev–Trinajstić information content (AvgIpc) is 3.16. The Labute approximate surface area is 376 Å². The Morgan fingerprint density at radius 2 is 0.684 bits per heavy atom. The van der Waals surface area contributed by atoms with Gasteiger partial charge in [0.2, 0.25) is 0 Å². The third kappa shape index (κ3) is 17.5. The zero-order chi connectivity index (χ0) is 40.8. The summed E-state index contributed by atoms with van der Waals surface area (Å²) in [6.07, 6.45) is 25.9. The van der Waals surface area contributed by atoms with Crippen molar-refractivity contribution in [2.75, 3.05) is 0 Å². The van der Waals surface area contributed by atoms with Crippen molar-refractivity contribution in [1.82, 2.24) is 0 Å². The summed E-state index contributed by atoms with van der Waals surface area (Å²) in [4.78, 5) is 0.0642. The minimum atomic E-state index is -4.52. The monoisotopic (exact) mass is 846 g/mol. The third-order valence-electron chi connectivity index (χ3n) is 11.1. The van der Waals surface area contributed by atoms with Gasteiger partial charge < -0.3 is 9.11 Å². The van der Waals surface area contributed by atoms with Gasteiger partial charge in [0.15, 0.2) is 0 Å². The van der Waals surface area contributed by atoms with Crippen molar-refractivity contribution >= 4 is 79.5 Å². The Hall–Kier alpha value is -1.52. The molecule has 9 heteroatoms. The Morgan fingerprint density at radius 1 is 0.404 bits per heavy atom. The summed E-state index contributed by atoms with van der Waals surface area (Å²) in [7, 11) is -9.04. The molecule has 0 amide bonds. The fraction of sp³-hybridized carbons (Fsp3) is 0.583. The van der Waals surface area contributed by atoms with E-state index in [9.17, 15) is 25.9 Å². The van der Waals surface area contributed by atoms with Gasteiger partial charge >= 0.3 is 37.7 Å². The number of fused-ring (bicyclic) bond motifs is 2. The summed E-state index contributed by atoms with van der Waals surface area (Å²) in [6.45, 7) is 8.76. The molecule has 6 nitrogen and oxygen atoms in total. The van der Waals surface area contributed by atoms with Crippen molar-refractivity contribution in [3.8, 4) is 0 Å². The number of rotatable bonds is 26. The molecule has 0 fully saturated rings. The summed E-state index contributed by atoms with van der Waals surface area (Å²) in [6, 6.07) is 19.0. The molecule has 0 atom stereocenters. The number of hydrogen-bond donors (Lipinski definition) is 0. The summed E-state index contributed by atoms with van der Waals surface area (Å²) in [5.41, 5.74) is 3.67. The van der Waals surface area contributed by atoms with Crippen molar-refractivity contribution in [3.63, 3.8) is 0 Å². The van der Waals surface area contributed by atoms with Gasteiger partial charge in [-0.05, 0) is 95.2 Å². The van der Waals surface area contributed by atoms with Crippen LogP contribution in [0.3, 0.4) is 0 Å². The minimum absolute atomic E-state index is 0. The Morgan fingerprint density at radius 3 is 0.982 bits per heavy atom. The van der Waals surface area contributed by atoms with Gasteiger partial charge in [0.25, 0.3) is 0 Å². The summed E-state index contributed by atoms with van der Waals surface area (Å²) in [5.74, 6) is 0. The Kier molecular flexibility index (Phi) is 25.4. The first-order valence-corrected chi connectivity index (χ1v) is 24.8. The van der Waals surface area contributed by atoms with E-state index < -0.39 is 20.2 Å². The van der Waals surface area contributed by atoms with Crippen LogP contribution in [0.1, 0.15) is 178 Å². The molecule has 0 aliphatic carbocycles. The maximum Gasteiger partial charge on any atom is 2.00 e. The van der Waals surface area contributed by atoms with Crippen LogP contribution in [0, 0.1) is 0 Å². The molecule has 0 unspecified atom stereocenters. The van der Waals surface area contributed by atoms with Crippen LogP contribution >= 0.6 is 0 Å². The van der Waals surface area contributed by atoms with E-state index >= 15 is 0 Å². The van der Waals surface area contributed by atoms with E-state index in [0.717, 1.165) is 110 Å². The largest absolute Gasteiger partial charge is 2.00 e. The van der Waals surface area contributed by atoms with E-state index in [1.807, 2.05) is 36.4 Å². The van der Waals surface area contributed by atoms with Crippen LogP contribution in [0.2, 0.25) is 0 Å². The SMILES string of the molecule is CCCCCCCc1cc2ccccc2c(S(=O)(=O)[O-])c1CCCCCCC.CCCCCCCc1cc2ccccc2c(S(=O)(=O)[O-])c1CCCCCCC.[Ca+2]. The van der Waals surface area contributed by atoms with Gasteiger partial charge in [0.1, 0.15) is 20.2 Å². The maximum absolute atomic E-state index is 12.2. The summed E-state index contributed by atoms with van der Waals surface area (Å²) in [5, 5.41) is 2.87. The molecule has 0 spiro atoms. The second kappa shape index (κ2) is 28.1. The van der Waals surface area contributed by atoms with Crippen LogP contribution < -0.4 is 0 Å². The molecular formula is C48H70CaO6S2. The van der Waals surface area contributed by atoms with E-state index in [4.69, 9.17) is 0 Å². The zero-order valence-corrected chi connectivity index (χ0v) is 39.6. The molecule has 0 radical (unpaired) electrons. The first-order valence-electron chi connectivity index (χ1n) is 22.0. The molecule has 0 N–H and O–H groups in total. The number of unbranched alkanes of at least 4 members (excludes halogenated alkanes) is 16. The zero-order valence-electron chi connectivity index (χ0n) is 35.7. The van der Waals surface area contributed by atoms with Crippen molar-refractivity contribution in [2.24, 2.45) is 0 Å². The normalized spacial score (nSPS) is 11.8. The molecule has 0 aliphatic heterocycles. The van der Waals surface area contributed by atoms with Crippen LogP contribution in [0.5, 0.6) is 0 Å². The molecule has 0 aliphatic rings. The molecule has 312 valence electrons. The predicted molar refractivity (Wildman–Crippen MR) is 239 cm³/mol. The molecular weight excluding hydrogens is 777 g/mol. The number of aryl methyl sites for hydroxylation is 2. The van der Waals surface area contributed by atoms with E-state index in [2.05, 4.69) is 39.8 Å². The predicted octanol–water partition coefficient (Wildman–Crippen LogP) is 13.2. The molecule has 0 aromatic heterocycles. The molecule has 4 aromatic carbocycles. The van der Waals surface area contributed by atoms with E-state index in [-0.39, 0.29) is 47.5 Å². The molecule has 0 bridgehead atoms. The number of benzene rings is 4. The topological polar surface area (TPSA) is 114 Å². The molecule has 0 saturated carbocycles. The quantitative estimate of drug-likeness (QED) is 0.0353. The van der Waals surface area contributed by atoms with Gasteiger partial charge in [-0.15, -0.1) is 0 Å². The van der Waals surface area contributed by atoms with E-state index in [0.29, 0.717) is 23.6 Å². The maximum atomic E-state index is 12.2. The standard InChI is InChI=1S/2C24H36O3S.Ca/c2*1-3-5-7-9-11-15-20-19-21-16-13-14-18-23(21)24(28(25,26)27)22(20)17-12-10-8-6-4-2;/h2*13-14,16,18-19H,3-12,15,17H2,1-2H3,(H,25,26,27);/q;;+2/p-2. The Balaban J connectivity index is 0.000000387. The molecule has 57 heavy (non-hydrogen) atoms. The third-order valence-corrected chi connectivity index (χ3v) is 13.0. The van der Waals surface area contributed by atoms with Gasteiger partial charge in [-0.1, -0.05) is 191 Å². The first kappa shape index (κ1) is 51.6. The second-order valence-electron chi connectivity index (χ2n) is 15.7. The smallest absolute Gasteiger partial charge is 0.744 e. The van der Waals surface area contributed by atoms with Gasteiger partial charge in [0.05, 0.1) is 9.79 Å². The fourth-order valence-electron chi connectivity index (χ4n) is 8.04. The van der Waals surface area contributed by atoms with Gasteiger partial charge in [-0.2, -0.15) is 0 Å². The minimum Gasteiger partial charge on any atom is -0.744 e. The van der Waals surface area contributed by atoms with E-state index in [1.165, 1.54) is 64.2 Å². The summed E-state index contributed by atoms with van der Waals surface area (Å²) >= 11 is 0. The summed E-state index contributed by atoms with van der Waals surface area (Å²) < 4.78 is 73.3. The second-order valence-corrected chi connectivity index (χ2v) is 18.3. The fourth-order valence-corrected chi connectivity index (χ4v) is 10.0. The molecule has 4 rings (SSSR count). The van der Waals surface area contributed by atoms with Crippen molar-refractivity contribution in [1.29, 1.82) is 0 Å². The van der Waals surface area contributed by atoms with Gasteiger partial charge in [-0.25, -0.2) is 16.8 Å². The van der Waals surface area contributed by atoms with Gasteiger partial charge in [0, 0.05) is 0 Å². The molecule has 0 heterocycles. The first-order chi connectivity index (χ1) is 27.0. The van der Waals surface area contributed by atoms with Crippen LogP contribution in [0.15, 0.2) is 70.5 Å². The van der Waals surface area contributed by atoms with Crippen molar-refractivity contribution < 1.29 is 25.9 Å². The van der Waals surface area contributed by atoms with Crippen molar-refractivity contribution in [2.45, 2.75) is 192 Å². The Bertz CT molecular complexity index is 1830.